The molecule has 0 fully saturated rings. The van der Waals surface area contributed by atoms with E-state index in [4.69, 9.17) is 9.47 Å². The van der Waals surface area contributed by atoms with Crippen LogP contribution in [0.4, 0.5) is 9.59 Å². The zero-order valence-electron chi connectivity index (χ0n) is 14.8. The molecule has 0 radical (unpaired) electrons. The van der Waals surface area contributed by atoms with Crippen LogP contribution in [-0.4, -0.2) is 30.9 Å². The van der Waals surface area contributed by atoms with Gasteiger partial charge in [0, 0.05) is 13.1 Å². The summed E-state index contributed by atoms with van der Waals surface area (Å²) in [6.45, 7) is 6.87. The number of nitrogens with one attached hydrogen (secondary N) is 2. The molecule has 0 aliphatic heterocycles. The summed E-state index contributed by atoms with van der Waals surface area (Å²) >= 11 is 0. The van der Waals surface area contributed by atoms with Crippen LogP contribution in [0.2, 0.25) is 0 Å². The number of hydrogen-bond acceptors (Lipinski definition) is 4. The highest BCUT2D eigenvalue weighted by atomic mass is 16.6. The topological polar surface area (TPSA) is 76.7 Å². The van der Waals surface area contributed by atoms with Crippen LogP contribution in [0, 0.1) is 0 Å². The van der Waals surface area contributed by atoms with Crippen LogP contribution in [-0.2, 0) is 16.1 Å². The Morgan fingerprint density at radius 1 is 0.917 bits per heavy atom. The number of unbranched alkanes of at least 4 members (excludes halogenated alkanes) is 2. The fourth-order valence-corrected chi connectivity index (χ4v) is 1.90. The van der Waals surface area contributed by atoms with Gasteiger partial charge in [-0.2, -0.15) is 0 Å². The Morgan fingerprint density at radius 2 is 1.50 bits per heavy atom. The summed E-state index contributed by atoms with van der Waals surface area (Å²) < 4.78 is 10.2. The standard InChI is InChI=1S/C18H28N2O4/c1-18(2,3)24-17(22)20-13-9-5-8-12-19-16(21)23-14-15-10-6-4-7-11-15/h4,6-7,10-11H,5,8-9,12-14H2,1-3H3,(H,19,21)(H,20,22). The lowest BCUT2D eigenvalue weighted by Gasteiger charge is -2.19. The maximum absolute atomic E-state index is 11.5. The fourth-order valence-electron chi connectivity index (χ4n) is 1.90. The van der Waals surface area contributed by atoms with Crippen LogP contribution in [0.5, 0.6) is 0 Å². The Morgan fingerprint density at radius 3 is 2.08 bits per heavy atom. The molecule has 0 spiro atoms. The Kier molecular flexibility index (Phi) is 8.68. The van der Waals surface area contributed by atoms with E-state index in [1.165, 1.54) is 0 Å². The van der Waals surface area contributed by atoms with Crippen molar-refractivity contribution in [3.8, 4) is 0 Å². The quantitative estimate of drug-likeness (QED) is 0.711. The highest BCUT2D eigenvalue weighted by molar-refractivity contribution is 5.67. The van der Waals surface area contributed by atoms with Gasteiger partial charge in [0.05, 0.1) is 0 Å². The van der Waals surface area contributed by atoms with E-state index in [2.05, 4.69) is 10.6 Å². The molecule has 1 rings (SSSR count). The first-order valence-corrected chi connectivity index (χ1v) is 8.28. The Labute approximate surface area is 143 Å². The number of amides is 2. The van der Waals surface area contributed by atoms with Crippen molar-refractivity contribution in [2.45, 2.75) is 52.2 Å². The Hall–Kier alpha value is -2.24. The molecule has 1 aromatic carbocycles. The average Bonchev–Trinajstić information content (AvgIpc) is 2.51. The molecule has 0 atom stereocenters. The smallest absolute Gasteiger partial charge is 0.407 e. The van der Waals surface area contributed by atoms with Gasteiger partial charge in [-0.25, -0.2) is 9.59 Å². The third-order valence-corrected chi connectivity index (χ3v) is 3.00. The van der Waals surface area contributed by atoms with Gasteiger partial charge >= 0.3 is 12.2 Å². The summed E-state index contributed by atoms with van der Waals surface area (Å²) in [6.07, 6.45) is 1.75. The highest BCUT2D eigenvalue weighted by Crippen LogP contribution is 2.06. The van der Waals surface area contributed by atoms with E-state index in [0.29, 0.717) is 13.1 Å². The lowest BCUT2D eigenvalue weighted by Crippen LogP contribution is -2.33. The molecule has 6 heteroatoms. The molecule has 0 saturated heterocycles. The number of benzene rings is 1. The zero-order valence-corrected chi connectivity index (χ0v) is 14.8. The molecule has 6 nitrogen and oxygen atoms in total. The SMILES string of the molecule is CC(C)(C)OC(=O)NCCCCCNC(=O)OCc1ccccc1. The number of alkyl carbamates (subject to hydrolysis) is 2. The van der Waals surface area contributed by atoms with Crippen molar-refractivity contribution in [3.05, 3.63) is 35.9 Å². The summed E-state index contributed by atoms with van der Waals surface area (Å²) in [5.74, 6) is 0. The second-order valence-electron chi connectivity index (χ2n) is 6.48. The van der Waals surface area contributed by atoms with Crippen LogP contribution >= 0.6 is 0 Å². The van der Waals surface area contributed by atoms with Gasteiger partial charge in [0.25, 0.3) is 0 Å². The summed E-state index contributed by atoms with van der Waals surface area (Å²) in [5.41, 5.74) is 0.481. The molecule has 0 aromatic heterocycles. The van der Waals surface area contributed by atoms with Crippen LogP contribution in [0.1, 0.15) is 45.6 Å². The molecule has 0 unspecified atom stereocenters. The normalized spacial score (nSPS) is 10.8. The lowest BCUT2D eigenvalue weighted by molar-refractivity contribution is 0.0527. The van der Waals surface area contributed by atoms with Crippen molar-refractivity contribution in [1.82, 2.24) is 10.6 Å². The van der Waals surface area contributed by atoms with Crippen molar-refractivity contribution in [3.63, 3.8) is 0 Å². The molecule has 0 saturated carbocycles. The van der Waals surface area contributed by atoms with Crippen molar-refractivity contribution in [1.29, 1.82) is 0 Å². The van der Waals surface area contributed by atoms with Crippen molar-refractivity contribution >= 4 is 12.2 Å². The van der Waals surface area contributed by atoms with Crippen LogP contribution in [0.25, 0.3) is 0 Å². The predicted octanol–water partition coefficient (Wildman–Crippen LogP) is 3.61. The van der Waals surface area contributed by atoms with Crippen molar-refractivity contribution < 1.29 is 19.1 Å². The minimum absolute atomic E-state index is 0.270. The molecule has 0 aliphatic rings. The lowest BCUT2D eigenvalue weighted by atomic mass is 10.2. The van der Waals surface area contributed by atoms with Gasteiger partial charge in [-0.3, -0.25) is 0 Å². The maximum Gasteiger partial charge on any atom is 0.407 e. The summed E-state index contributed by atoms with van der Waals surface area (Å²) in [7, 11) is 0. The molecular formula is C18H28N2O4. The molecule has 2 amide bonds. The van der Waals surface area contributed by atoms with Gasteiger partial charge < -0.3 is 20.1 Å². The first kappa shape index (κ1) is 19.8. The number of carbonyl (C=O) groups is 2. The minimum Gasteiger partial charge on any atom is -0.445 e. The van der Waals surface area contributed by atoms with Gasteiger partial charge in [-0.15, -0.1) is 0 Å². The Balaban J connectivity index is 1.96. The van der Waals surface area contributed by atoms with Crippen LogP contribution < -0.4 is 10.6 Å². The predicted molar refractivity (Wildman–Crippen MR) is 92.7 cm³/mol. The van der Waals surface area contributed by atoms with E-state index in [9.17, 15) is 9.59 Å². The largest absolute Gasteiger partial charge is 0.445 e. The van der Waals surface area contributed by atoms with E-state index < -0.39 is 17.8 Å². The Bertz CT molecular complexity index is 497. The molecule has 0 heterocycles. The van der Waals surface area contributed by atoms with Gasteiger partial charge in [-0.05, 0) is 45.6 Å². The minimum atomic E-state index is -0.478. The van der Waals surface area contributed by atoms with E-state index in [0.717, 1.165) is 24.8 Å². The van der Waals surface area contributed by atoms with Crippen LogP contribution in [0.15, 0.2) is 30.3 Å². The fraction of sp³-hybridized carbons (Fsp3) is 0.556. The highest BCUT2D eigenvalue weighted by Gasteiger charge is 2.15. The second-order valence-corrected chi connectivity index (χ2v) is 6.48. The monoisotopic (exact) mass is 336 g/mol. The molecule has 1 aromatic rings. The maximum atomic E-state index is 11.5. The summed E-state index contributed by atoms with van der Waals surface area (Å²) in [5, 5.41) is 5.41. The molecule has 134 valence electrons. The number of hydrogen-bond donors (Lipinski definition) is 2. The number of carbonyl (C=O) groups excluding carboxylic acids is 2. The molecule has 0 bridgehead atoms. The molecule has 0 aliphatic carbocycles. The van der Waals surface area contributed by atoms with E-state index >= 15 is 0 Å². The van der Waals surface area contributed by atoms with Gasteiger partial charge in [0.15, 0.2) is 0 Å². The van der Waals surface area contributed by atoms with Crippen LogP contribution in [0.3, 0.4) is 0 Å². The molecule has 24 heavy (non-hydrogen) atoms. The van der Waals surface area contributed by atoms with Crippen molar-refractivity contribution in [2.24, 2.45) is 0 Å². The van der Waals surface area contributed by atoms with Gasteiger partial charge in [0.1, 0.15) is 12.2 Å². The van der Waals surface area contributed by atoms with Gasteiger partial charge in [-0.1, -0.05) is 30.3 Å². The first-order valence-electron chi connectivity index (χ1n) is 8.28. The van der Waals surface area contributed by atoms with Gasteiger partial charge in [0.2, 0.25) is 0 Å². The molecular weight excluding hydrogens is 308 g/mol. The second kappa shape index (κ2) is 10.5. The van der Waals surface area contributed by atoms with Crippen molar-refractivity contribution in [2.75, 3.05) is 13.1 Å². The first-order chi connectivity index (χ1) is 11.4. The van der Waals surface area contributed by atoms with E-state index in [1.54, 1.807) is 0 Å². The third-order valence-electron chi connectivity index (χ3n) is 3.00. The third kappa shape index (κ3) is 10.5. The summed E-state index contributed by atoms with van der Waals surface area (Å²) in [6, 6.07) is 9.54. The number of rotatable bonds is 8. The number of ether oxygens (including phenoxy) is 2. The van der Waals surface area contributed by atoms with E-state index in [1.807, 2.05) is 51.1 Å². The van der Waals surface area contributed by atoms with E-state index in [-0.39, 0.29) is 6.61 Å². The zero-order chi connectivity index (χ0) is 17.8. The molecule has 2 N–H and O–H groups in total. The summed E-state index contributed by atoms with van der Waals surface area (Å²) in [4.78, 5) is 22.9. The average molecular weight is 336 g/mol.